The van der Waals surface area contributed by atoms with Crippen LogP contribution in [0.15, 0.2) is 22.7 Å². The second kappa shape index (κ2) is 5.86. The number of nitrogens with two attached hydrogens (primary N) is 1. The van der Waals surface area contributed by atoms with E-state index < -0.39 is 12.0 Å². The number of benzene rings is 1. The molecule has 0 radical (unpaired) electrons. The largest absolute Gasteiger partial charge is 0.480 e. The summed E-state index contributed by atoms with van der Waals surface area (Å²) in [5.74, 6) is -0.964. The Hall–Kier alpha value is -1.07. The van der Waals surface area contributed by atoms with Gasteiger partial charge in [-0.1, -0.05) is 15.9 Å². The minimum absolute atomic E-state index is 0.407. The number of halogens is 1. The lowest BCUT2D eigenvalue weighted by atomic mass is 10.2. The monoisotopic (exact) mass is 286 g/mol. The first-order chi connectivity index (χ1) is 7.50. The molecule has 0 amide bonds. The smallest absolute Gasteiger partial charge is 0.320 e. The number of nitrogens with one attached hydrogen (secondary N) is 1. The Balaban J connectivity index is 2.43. The molecule has 16 heavy (non-hydrogen) atoms. The maximum atomic E-state index is 10.5. The summed E-state index contributed by atoms with van der Waals surface area (Å²) in [6.45, 7) is 2.55. The van der Waals surface area contributed by atoms with E-state index in [9.17, 15) is 4.79 Å². The maximum absolute atomic E-state index is 10.5. The third-order valence-electron chi connectivity index (χ3n) is 2.26. The van der Waals surface area contributed by atoms with Crippen LogP contribution in [-0.4, -0.2) is 23.7 Å². The molecule has 1 aromatic rings. The van der Waals surface area contributed by atoms with Crippen LogP contribution >= 0.6 is 15.9 Å². The summed E-state index contributed by atoms with van der Waals surface area (Å²) in [5, 5.41) is 11.7. The number of aliphatic carboxylic acids is 1. The molecule has 4 N–H and O–H groups in total. The van der Waals surface area contributed by atoms with Crippen molar-refractivity contribution in [1.29, 1.82) is 0 Å². The van der Waals surface area contributed by atoms with Gasteiger partial charge in [0.1, 0.15) is 6.04 Å². The Kier molecular flexibility index (Phi) is 4.76. The van der Waals surface area contributed by atoms with Gasteiger partial charge in [-0.3, -0.25) is 4.79 Å². The van der Waals surface area contributed by atoms with Gasteiger partial charge in [0, 0.05) is 16.7 Å². The number of aryl methyl sites for hydroxylation is 1. The summed E-state index contributed by atoms with van der Waals surface area (Å²) in [6, 6.07) is 5.08. The van der Waals surface area contributed by atoms with Crippen molar-refractivity contribution < 1.29 is 9.90 Å². The molecule has 0 spiro atoms. The highest BCUT2D eigenvalue weighted by molar-refractivity contribution is 9.10. The number of carboxylic acid groups (broad SMARTS) is 1. The van der Waals surface area contributed by atoms with E-state index in [2.05, 4.69) is 21.2 Å². The van der Waals surface area contributed by atoms with E-state index in [0.29, 0.717) is 13.0 Å². The summed E-state index contributed by atoms with van der Waals surface area (Å²) in [7, 11) is 0. The first-order valence-corrected chi connectivity index (χ1v) is 5.78. The summed E-state index contributed by atoms with van der Waals surface area (Å²) in [4.78, 5) is 10.5. The van der Waals surface area contributed by atoms with Crippen LogP contribution in [-0.2, 0) is 4.79 Å². The van der Waals surface area contributed by atoms with Crippen LogP contribution in [0.1, 0.15) is 12.0 Å². The average Bonchev–Trinajstić information content (AvgIpc) is 2.23. The van der Waals surface area contributed by atoms with Gasteiger partial charge in [-0.15, -0.1) is 0 Å². The molecule has 88 valence electrons. The molecule has 0 aromatic heterocycles. The Bertz CT molecular complexity index is 382. The number of carbonyl (C=O) groups is 1. The molecule has 0 aliphatic rings. The highest BCUT2D eigenvalue weighted by Crippen LogP contribution is 2.19. The van der Waals surface area contributed by atoms with Crippen LogP contribution in [0, 0.1) is 6.92 Å². The molecule has 0 aliphatic carbocycles. The van der Waals surface area contributed by atoms with E-state index >= 15 is 0 Å². The molecule has 0 saturated heterocycles. The predicted molar refractivity (Wildman–Crippen MR) is 67.6 cm³/mol. The number of anilines is 1. The summed E-state index contributed by atoms with van der Waals surface area (Å²) in [5.41, 5.74) is 7.49. The molecule has 0 fully saturated rings. The maximum Gasteiger partial charge on any atom is 0.320 e. The van der Waals surface area contributed by atoms with Crippen LogP contribution in [0.25, 0.3) is 0 Å². The van der Waals surface area contributed by atoms with Gasteiger partial charge < -0.3 is 16.2 Å². The average molecular weight is 287 g/mol. The first-order valence-electron chi connectivity index (χ1n) is 4.99. The van der Waals surface area contributed by atoms with Gasteiger partial charge in [0.25, 0.3) is 0 Å². The number of rotatable bonds is 5. The zero-order chi connectivity index (χ0) is 12.1. The van der Waals surface area contributed by atoms with Crippen LogP contribution in [0.3, 0.4) is 0 Å². The predicted octanol–water partition coefficient (Wildman–Crippen LogP) is 1.97. The lowest BCUT2D eigenvalue weighted by Crippen LogP contribution is -2.32. The van der Waals surface area contributed by atoms with Gasteiger partial charge in [0.2, 0.25) is 0 Å². The zero-order valence-corrected chi connectivity index (χ0v) is 10.6. The second-order valence-corrected chi connectivity index (χ2v) is 4.48. The standard InChI is InChI=1S/C11H15BrN2O2/c1-7-6-8(2-3-9(7)12)14-5-4-10(13)11(15)16/h2-3,6,10,14H,4-5,13H2,1H3,(H,15,16). The third kappa shape index (κ3) is 3.83. The van der Waals surface area contributed by atoms with Gasteiger partial charge in [-0.2, -0.15) is 0 Å². The van der Waals surface area contributed by atoms with Gasteiger partial charge in [-0.25, -0.2) is 0 Å². The van der Waals surface area contributed by atoms with Gasteiger partial charge in [0.15, 0.2) is 0 Å². The van der Waals surface area contributed by atoms with E-state index in [1.807, 2.05) is 25.1 Å². The fourth-order valence-corrected chi connectivity index (χ4v) is 1.50. The van der Waals surface area contributed by atoms with Gasteiger partial charge in [-0.05, 0) is 37.1 Å². The van der Waals surface area contributed by atoms with Crippen LogP contribution < -0.4 is 11.1 Å². The Morgan fingerprint density at radius 2 is 2.31 bits per heavy atom. The van der Waals surface area contributed by atoms with Crippen LogP contribution in [0.5, 0.6) is 0 Å². The molecule has 0 heterocycles. The number of hydrogen-bond donors (Lipinski definition) is 3. The molecule has 5 heteroatoms. The van der Waals surface area contributed by atoms with E-state index in [1.165, 1.54) is 0 Å². The molecule has 4 nitrogen and oxygen atoms in total. The Morgan fingerprint density at radius 3 is 2.88 bits per heavy atom. The number of carboxylic acids is 1. The molecule has 0 bridgehead atoms. The minimum atomic E-state index is -0.964. The van der Waals surface area contributed by atoms with E-state index in [-0.39, 0.29) is 0 Å². The lowest BCUT2D eigenvalue weighted by Gasteiger charge is -2.10. The Morgan fingerprint density at radius 1 is 1.62 bits per heavy atom. The topological polar surface area (TPSA) is 75.3 Å². The van der Waals surface area contributed by atoms with Gasteiger partial charge >= 0.3 is 5.97 Å². The van der Waals surface area contributed by atoms with Gasteiger partial charge in [0.05, 0.1) is 0 Å². The van der Waals surface area contributed by atoms with Crippen molar-refractivity contribution in [3.05, 3.63) is 28.2 Å². The van der Waals surface area contributed by atoms with Crippen molar-refractivity contribution in [3.8, 4) is 0 Å². The molecule has 1 unspecified atom stereocenters. The molecule has 0 saturated carbocycles. The Labute approximate surface area is 103 Å². The van der Waals surface area contributed by atoms with Crippen LogP contribution in [0.2, 0.25) is 0 Å². The second-order valence-electron chi connectivity index (χ2n) is 3.62. The molecular weight excluding hydrogens is 272 g/mol. The quantitative estimate of drug-likeness (QED) is 0.774. The third-order valence-corrected chi connectivity index (χ3v) is 3.15. The van der Waals surface area contributed by atoms with E-state index in [1.54, 1.807) is 0 Å². The summed E-state index contributed by atoms with van der Waals surface area (Å²) < 4.78 is 1.06. The fourth-order valence-electron chi connectivity index (χ4n) is 1.25. The zero-order valence-electron chi connectivity index (χ0n) is 9.03. The number of hydrogen-bond acceptors (Lipinski definition) is 3. The van der Waals surface area contributed by atoms with Crippen molar-refractivity contribution in [2.24, 2.45) is 5.73 Å². The van der Waals surface area contributed by atoms with E-state index in [4.69, 9.17) is 10.8 Å². The molecule has 1 aromatic carbocycles. The lowest BCUT2D eigenvalue weighted by molar-refractivity contribution is -0.138. The van der Waals surface area contributed by atoms with Crippen molar-refractivity contribution >= 4 is 27.6 Å². The summed E-state index contributed by atoms with van der Waals surface area (Å²) >= 11 is 3.41. The fraction of sp³-hybridized carbons (Fsp3) is 0.364. The molecule has 1 rings (SSSR count). The molecule has 1 atom stereocenters. The minimum Gasteiger partial charge on any atom is -0.480 e. The molecular formula is C11H15BrN2O2. The van der Waals surface area contributed by atoms with Crippen LogP contribution in [0.4, 0.5) is 5.69 Å². The highest BCUT2D eigenvalue weighted by atomic mass is 79.9. The normalized spacial score (nSPS) is 12.2. The highest BCUT2D eigenvalue weighted by Gasteiger charge is 2.10. The first kappa shape index (κ1) is 13.0. The SMILES string of the molecule is Cc1cc(NCCC(N)C(=O)O)ccc1Br. The molecule has 0 aliphatic heterocycles. The van der Waals surface area contributed by atoms with Crippen molar-refractivity contribution in [2.45, 2.75) is 19.4 Å². The van der Waals surface area contributed by atoms with Crippen molar-refractivity contribution in [3.63, 3.8) is 0 Å². The van der Waals surface area contributed by atoms with Crippen molar-refractivity contribution in [1.82, 2.24) is 0 Å². The van der Waals surface area contributed by atoms with Crippen molar-refractivity contribution in [2.75, 3.05) is 11.9 Å². The van der Waals surface area contributed by atoms with E-state index in [0.717, 1.165) is 15.7 Å². The summed E-state index contributed by atoms with van der Waals surface area (Å²) in [6.07, 6.45) is 0.407.